The van der Waals surface area contributed by atoms with E-state index in [0.717, 1.165) is 21.4 Å². The number of aromatic hydroxyl groups is 1. The molecule has 0 saturated heterocycles. The summed E-state index contributed by atoms with van der Waals surface area (Å²) in [6, 6.07) is 20.9. The Bertz CT molecular complexity index is 3930. The van der Waals surface area contributed by atoms with E-state index in [4.69, 9.17) is 50.5 Å². The van der Waals surface area contributed by atoms with E-state index in [9.17, 15) is 58.2 Å². The lowest BCUT2D eigenvalue weighted by molar-refractivity contribution is -0.137. The van der Waals surface area contributed by atoms with E-state index in [2.05, 4.69) is 31.2 Å². The molecule has 31 heteroatoms. The Balaban J connectivity index is 0.826. The van der Waals surface area contributed by atoms with Crippen LogP contribution in [-0.2, 0) is 54.2 Å². The predicted octanol–water partition coefficient (Wildman–Crippen LogP) is 6.73. The molecular formula is C70H84ClN11O19. The number of nitrogens with zero attached hydrogens (tertiary/aromatic N) is 5. The van der Waals surface area contributed by atoms with Gasteiger partial charge in [0.15, 0.2) is 5.78 Å². The summed E-state index contributed by atoms with van der Waals surface area (Å²) in [5.74, 6) is -3.61. The van der Waals surface area contributed by atoms with E-state index in [-0.39, 0.29) is 178 Å². The van der Waals surface area contributed by atoms with Crippen molar-refractivity contribution in [2.45, 2.75) is 58.6 Å². The Kier molecular flexibility index (Phi) is 28.6. The maximum Gasteiger partial charge on any atom is 0.415 e. The summed E-state index contributed by atoms with van der Waals surface area (Å²) >= 11 is 6.66. The van der Waals surface area contributed by atoms with Crippen molar-refractivity contribution in [1.82, 2.24) is 35.3 Å². The second-order valence-corrected chi connectivity index (χ2v) is 24.4. The molecule has 2 aromatic heterocycles. The number of ketones is 1. The molecule has 101 heavy (non-hydrogen) atoms. The van der Waals surface area contributed by atoms with Gasteiger partial charge in [0, 0.05) is 104 Å². The van der Waals surface area contributed by atoms with Crippen LogP contribution in [0, 0.1) is 18.8 Å². The number of aliphatic hydroxyl groups excluding tert-OH is 1. The molecule has 0 fully saturated rings. The molecular weight excluding hydrogens is 1330 g/mol. The van der Waals surface area contributed by atoms with Crippen LogP contribution in [0.4, 0.5) is 36.4 Å². The number of pyridine rings is 1. The zero-order valence-corrected chi connectivity index (χ0v) is 57.3. The predicted molar refractivity (Wildman–Crippen MR) is 371 cm³/mol. The lowest BCUT2D eigenvalue weighted by Gasteiger charge is -2.26. The molecule has 4 aromatic carbocycles. The fraction of sp³-hybridized carbons (Fsp3) is 0.414. The minimum atomic E-state index is -1.02. The van der Waals surface area contributed by atoms with Crippen LogP contribution in [0.1, 0.15) is 76.6 Å². The monoisotopic (exact) mass is 1420 g/mol. The number of primary amides is 1. The van der Waals surface area contributed by atoms with Gasteiger partial charge in [-0.2, -0.15) is 0 Å². The Labute approximate surface area is 587 Å². The van der Waals surface area contributed by atoms with Crippen molar-refractivity contribution in [3.05, 3.63) is 131 Å². The number of ether oxygens (including phenoxy) is 7. The van der Waals surface area contributed by atoms with E-state index in [0.29, 0.717) is 38.8 Å². The van der Waals surface area contributed by atoms with Crippen LogP contribution < -0.4 is 36.6 Å². The largest absolute Gasteiger partial charge is 0.508 e. The van der Waals surface area contributed by atoms with Gasteiger partial charge in [-0.1, -0.05) is 44.2 Å². The molecule has 2 aliphatic rings. The standard InChI is InChI=1S/C70H84ClN11O19/c1-43(2)63(78-68(92)99-34-33-98-32-31-97-30-29-96-27-24-81-59(86)18-19-60(81)87)56(85)36-47(8-6-20-73-67(72)91)65(89)75-50-14-10-45(11-15-50)42-100-69(93)79(4)21-22-80(23-26-95-28-25-83)70(94)101-57-38-55-62(61-44(3)7-5-9-52(57)61)49(39-71)41-82(55)66(90)53-35-48-37-58(74-40-54(48)76-53)77-64(88)46-12-16-51(84)17-13-46/h5,7,9-19,35,37-38,40,43,47,49,63,76,83-84H,6,8,20-34,36,39,41-42H2,1-4H3,(H,75,89)(H,78,92)(H3,72,73,91)(H,74,77,88)/t47-,49-,63+/m1/s1. The van der Waals surface area contributed by atoms with E-state index < -0.39 is 65.7 Å². The van der Waals surface area contributed by atoms with Gasteiger partial charge < -0.3 is 90.1 Å². The lowest BCUT2D eigenvalue weighted by atomic mass is 9.89. The summed E-state index contributed by atoms with van der Waals surface area (Å²) < 4.78 is 39.0. The average molecular weight is 1420 g/mol. The van der Waals surface area contributed by atoms with E-state index in [1.54, 1.807) is 61.2 Å². The van der Waals surface area contributed by atoms with Gasteiger partial charge in [0.2, 0.25) is 5.91 Å². The van der Waals surface area contributed by atoms with Crippen LogP contribution >= 0.6 is 11.6 Å². The average Bonchev–Trinajstić information content (AvgIpc) is 1.62. The molecule has 0 spiro atoms. The van der Waals surface area contributed by atoms with Gasteiger partial charge in [-0.3, -0.25) is 33.7 Å². The number of alkyl carbamates (subject to hydrolysis) is 1. The number of rotatable bonds is 38. The molecule has 9 N–H and O–H groups in total. The third-order valence-corrected chi connectivity index (χ3v) is 16.9. The molecule has 2 aliphatic heterocycles. The molecule has 0 unspecified atom stereocenters. The van der Waals surface area contributed by atoms with Crippen LogP contribution in [0.15, 0.2) is 103 Å². The minimum Gasteiger partial charge on any atom is -0.508 e. The number of halogens is 1. The second kappa shape index (κ2) is 37.8. The Hall–Kier alpha value is -10.2. The summed E-state index contributed by atoms with van der Waals surface area (Å²) in [4.78, 5) is 143. The number of phenols is 1. The van der Waals surface area contributed by atoms with Gasteiger partial charge in [-0.15, -0.1) is 11.6 Å². The van der Waals surface area contributed by atoms with Gasteiger partial charge in [-0.05, 0) is 96.3 Å². The van der Waals surface area contributed by atoms with E-state index in [1.165, 1.54) is 59.5 Å². The first-order valence-electron chi connectivity index (χ1n) is 32.8. The topological polar surface area (TPSA) is 392 Å². The number of hydrogen-bond acceptors (Lipinski definition) is 20. The second-order valence-electron chi connectivity index (χ2n) is 24.1. The molecule has 0 aliphatic carbocycles. The highest BCUT2D eigenvalue weighted by molar-refractivity contribution is 6.20. The Morgan fingerprint density at radius 3 is 2.18 bits per heavy atom. The van der Waals surface area contributed by atoms with Gasteiger partial charge in [0.25, 0.3) is 23.6 Å². The molecule has 6 aromatic rings. The van der Waals surface area contributed by atoms with Crippen molar-refractivity contribution in [2.24, 2.45) is 17.6 Å². The van der Waals surface area contributed by atoms with Crippen molar-refractivity contribution >= 4 is 110 Å². The molecule has 30 nitrogen and oxygen atoms in total. The summed E-state index contributed by atoms with van der Waals surface area (Å²) in [6.07, 6.45) is 1.69. The third kappa shape index (κ3) is 21.9. The number of phenolic OH excluding ortho intramolecular Hbond substituents is 1. The molecule has 4 heterocycles. The number of aromatic amines is 1. The number of nitrogens with two attached hydrogens (primary N) is 1. The molecule has 10 amide bonds. The number of Topliss-reactive ketones (excluding diaryl/α,β-unsaturated/α-hetero) is 1. The summed E-state index contributed by atoms with van der Waals surface area (Å²) in [5, 5.41) is 31.7. The van der Waals surface area contributed by atoms with Crippen molar-refractivity contribution in [1.29, 1.82) is 0 Å². The highest BCUT2D eigenvalue weighted by Gasteiger charge is 2.37. The number of carbonyl (C=O) groups excluding carboxylic acids is 10. The number of hydrogen-bond donors (Lipinski definition) is 8. The number of anilines is 3. The van der Waals surface area contributed by atoms with Crippen LogP contribution in [0.3, 0.4) is 0 Å². The number of fused-ring (bicyclic) bond motifs is 4. The summed E-state index contributed by atoms with van der Waals surface area (Å²) in [7, 11) is 1.49. The van der Waals surface area contributed by atoms with Gasteiger partial charge >= 0.3 is 24.3 Å². The van der Waals surface area contributed by atoms with Gasteiger partial charge in [-0.25, -0.2) is 24.2 Å². The Morgan fingerprint density at radius 1 is 0.802 bits per heavy atom. The number of H-pyrrole nitrogens is 1. The summed E-state index contributed by atoms with van der Waals surface area (Å²) in [6.45, 7) is 6.30. The number of urea groups is 1. The number of amides is 10. The minimum absolute atomic E-state index is 0.00297. The highest BCUT2D eigenvalue weighted by Crippen LogP contribution is 2.47. The fourth-order valence-corrected chi connectivity index (χ4v) is 11.4. The van der Waals surface area contributed by atoms with Gasteiger partial charge in [0.05, 0.1) is 89.4 Å². The van der Waals surface area contributed by atoms with Crippen molar-refractivity contribution in [3.8, 4) is 11.5 Å². The first-order valence-corrected chi connectivity index (χ1v) is 33.4. The Morgan fingerprint density at radius 2 is 1.50 bits per heavy atom. The number of likely N-dealkylation sites (N-methyl/N-ethyl adjacent to an activating group) is 1. The molecule has 8 rings (SSSR count). The lowest BCUT2D eigenvalue weighted by Crippen LogP contribution is -2.46. The maximum absolute atomic E-state index is 14.6. The molecule has 540 valence electrons. The first kappa shape index (κ1) is 76.5. The number of nitrogens with one attached hydrogen (secondary N) is 5. The number of aromatic nitrogens is 2. The van der Waals surface area contributed by atoms with Crippen LogP contribution in [0.2, 0.25) is 0 Å². The van der Waals surface area contributed by atoms with Crippen molar-refractivity contribution in [2.75, 3.05) is 134 Å². The fourth-order valence-electron chi connectivity index (χ4n) is 11.2. The molecule has 3 atom stereocenters. The maximum atomic E-state index is 14.6. The molecule has 0 radical (unpaired) electrons. The normalized spacial score (nSPS) is 13.8. The van der Waals surface area contributed by atoms with Crippen molar-refractivity contribution < 1.29 is 91.3 Å². The number of benzene rings is 4. The summed E-state index contributed by atoms with van der Waals surface area (Å²) in [5.41, 5.74) is 9.34. The number of aryl methyl sites for hydroxylation is 1. The third-order valence-electron chi connectivity index (χ3n) is 16.5. The zero-order valence-electron chi connectivity index (χ0n) is 56.5. The first-order chi connectivity index (χ1) is 48.6. The number of imide groups is 1. The van der Waals surface area contributed by atoms with E-state index >= 15 is 0 Å². The van der Waals surface area contributed by atoms with Crippen LogP contribution in [-0.4, -0.2) is 219 Å². The van der Waals surface area contributed by atoms with Crippen LogP contribution in [0.25, 0.3) is 21.7 Å². The number of carbonyl (C=O) groups is 10. The highest BCUT2D eigenvalue weighted by atomic mass is 35.5. The SMILES string of the molecule is Cc1cccc2c(OC(=O)N(CCOCCO)CCN(C)C(=O)OCc3ccc(NC(=O)[C@H](CCCNC(N)=O)CC(=O)[C@@H](NC(=O)OCCOCCOCCOCCN4C(=O)C=CC4=O)C(C)C)cc3)cc3c(c12)[C@H](CCl)CN3C(=O)c1cc2cc(NC(=O)c3ccc(O)cc3)ncc2[nH]1. The smallest absolute Gasteiger partial charge is 0.415 e. The number of alkyl halides is 1. The zero-order chi connectivity index (χ0) is 72.5. The number of aliphatic hydroxyl groups is 1. The quantitative estimate of drug-likeness (QED) is 0.0113. The van der Waals surface area contributed by atoms with E-state index in [1.807, 2.05) is 25.1 Å². The van der Waals surface area contributed by atoms with Crippen molar-refractivity contribution in [3.63, 3.8) is 0 Å². The molecule has 0 saturated carbocycles. The van der Waals surface area contributed by atoms with Crippen LogP contribution in [0.5, 0.6) is 11.5 Å². The van der Waals surface area contributed by atoms with Gasteiger partial charge in [0.1, 0.15) is 36.2 Å². The molecule has 0 bridgehead atoms.